The zero-order chi connectivity index (χ0) is 10.8. The molecule has 2 unspecified atom stereocenters. The summed E-state index contributed by atoms with van der Waals surface area (Å²) in [6.45, 7) is 0.983. The molecule has 0 bridgehead atoms. The van der Waals surface area contributed by atoms with Crippen molar-refractivity contribution in [2.24, 2.45) is 5.92 Å². The van der Waals surface area contributed by atoms with Crippen LogP contribution in [-0.2, 0) is 0 Å². The van der Waals surface area contributed by atoms with Gasteiger partial charge in [-0.3, -0.25) is 0 Å². The fourth-order valence-electron chi connectivity index (χ4n) is 1.96. The highest BCUT2D eigenvalue weighted by Crippen LogP contribution is 2.32. The Balaban J connectivity index is 2.13. The Morgan fingerprint density at radius 2 is 2.07 bits per heavy atom. The first-order valence-electron chi connectivity index (χ1n) is 5.07. The van der Waals surface area contributed by atoms with Crippen molar-refractivity contribution in [3.05, 3.63) is 23.8 Å². The maximum atomic E-state index is 9.36. The first kappa shape index (κ1) is 10.3. The highest BCUT2D eigenvalue weighted by Gasteiger charge is 2.24. The second-order valence-electron chi connectivity index (χ2n) is 3.99. The van der Waals surface area contributed by atoms with Crippen LogP contribution in [0.2, 0.25) is 0 Å². The highest BCUT2D eigenvalue weighted by atomic mass is 16.3. The van der Waals surface area contributed by atoms with Gasteiger partial charge in [0, 0.05) is 19.2 Å². The van der Waals surface area contributed by atoms with Crippen molar-refractivity contribution in [2.45, 2.75) is 12.5 Å². The van der Waals surface area contributed by atoms with Crippen LogP contribution in [0.25, 0.3) is 0 Å². The fraction of sp³-hybridized carbons (Fsp3) is 0.455. The van der Waals surface area contributed by atoms with Crippen LogP contribution in [0.5, 0.6) is 11.5 Å². The van der Waals surface area contributed by atoms with Crippen molar-refractivity contribution in [3.63, 3.8) is 0 Å². The molecule has 0 radical (unpaired) electrons. The average Bonchev–Trinajstić information content (AvgIpc) is 2.70. The molecule has 1 fully saturated rings. The molecule has 0 amide bonds. The lowest BCUT2D eigenvalue weighted by Crippen LogP contribution is -2.14. The van der Waals surface area contributed by atoms with Gasteiger partial charge in [-0.25, -0.2) is 0 Å². The molecule has 2 rings (SSSR count). The zero-order valence-electron chi connectivity index (χ0n) is 8.35. The van der Waals surface area contributed by atoms with Gasteiger partial charge in [0.15, 0.2) is 11.5 Å². The third-order valence-corrected chi connectivity index (χ3v) is 2.88. The second-order valence-corrected chi connectivity index (χ2v) is 3.99. The molecule has 1 heterocycles. The van der Waals surface area contributed by atoms with Gasteiger partial charge >= 0.3 is 0 Å². The standard InChI is InChI=1S/C11H15NO3/c13-6-7-3-9(12-5-7)8-1-2-10(14)11(15)4-8/h1-2,4,7,9,12-15H,3,5-6H2. The van der Waals surface area contributed by atoms with Crippen LogP contribution < -0.4 is 5.32 Å². The predicted molar refractivity (Wildman–Crippen MR) is 55.7 cm³/mol. The van der Waals surface area contributed by atoms with E-state index < -0.39 is 0 Å². The molecule has 15 heavy (non-hydrogen) atoms. The smallest absolute Gasteiger partial charge is 0.157 e. The van der Waals surface area contributed by atoms with Gasteiger partial charge in [-0.1, -0.05) is 6.07 Å². The molecule has 1 aliphatic heterocycles. The van der Waals surface area contributed by atoms with E-state index in [9.17, 15) is 10.2 Å². The third kappa shape index (κ3) is 2.06. The molecule has 0 aliphatic carbocycles. The summed E-state index contributed by atoms with van der Waals surface area (Å²) in [5, 5.41) is 30.8. The second kappa shape index (κ2) is 4.08. The van der Waals surface area contributed by atoms with Crippen LogP contribution in [0.15, 0.2) is 18.2 Å². The summed E-state index contributed by atoms with van der Waals surface area (Å²) in [7, 11) is 0. The van der Waals surface area contributed by atoms with Crippen molar-refractivity contribution < 1.29 is 15.3 Å². The van der Waals surface area contributed by atoms with E-state index in [1.54, 1.807) is 12.1 Å². The lowest BCUT2D eigenvalue weighted by molar-refractivity contribution is 0.236. The van der Waals surface area contributed by atoms with Crippen molar-refractivity contribution in [1.82, 2.24) is 5.32 Å². The quantitative estimate of drug-likeness (QED) is 0.542. The van der Waals surface area contributed by atoms with Crippen LogP contribution in [0.4, 0.5) is 0 Å². The predicted octanol–water partition coefficient (Wildman–Crippen LogP) is 0.741. The monoisotopic (exact) mass is 209 g/mol. The lowest BCUT2D eigenvalue weighted by atomic mass is 10.0. The number of phenols is 2. The molecular weight excluding hydrogens is 194 g/mol. The Kier molecular flexibility index (Phi) is 2.79. The number of nitrogens with one attached hydrogen (secondary N) is 1. The highest BCUT2D eigenvalue weighted by molar-refractivity contribution is 5.41. The Hall–Kier alpha value is -1.26. The maximum absolute atomic E-state index is 9.36. The molecule has 0 aromatic heterocycles. The van der Waals surface area contributed by atoms with Gasteiger partial charge in [0.1, 0.15) is 0 Å². The fourth-order valence-corrected chi connectivity index (χ4v) is 1.96. The molecule has 1 saturated heterocycles. The molecule has 1 aromatic rings. The number of aliphatic hydroxyl groups is 1. The van der Waals surface area contributed by atoms with Crippen molar-refractivity contribution in [1.29, 1.82) is 0 Å². The van der Waals surface area contributed by atoms with Crippen LogP contribution in [-0.4, -0.2) is 28.5 Å². The van der Waals surface area contributed by atoms with Crippen molar-refractivity contribution in [3.8, 4) is 11.5 Å². The maximum Gasteiger partial charge on any atom is 0.157 e. The normalized spacial score (nSPS) is 25.7. The Bertz CT molecular complexity index is 354. The number of aromatic hydroxyl groups is 2. The molecule has 0 saturated carbocycles. The number of hydrogen-bond donors (Lipinski definition) is 4. The minimum absolute atomic E-state index is 0.0956. The minimum atomic E-state index is -0.101. The van der Waals surface area contributed by atoms with Crippen LogP contribution >= 0.6 is 0 Å². The average molecular weight is 209 g/mol. The molecule has 1 aliphatic rings. The van der Waals surface area contributed by atoms with E-state index in [4.69, 9.17) is 5.11 Å². The summed E-state index contributed by atoms with van der Waals surface area (Å²) >= 11 is 0. The lowest BCUT2D eigenvalue weighted by Gasteiger charge is -2.11. The number of aliphatic hydroxyl groups excluding tert-OH is 1. The van der Waals surface area contributed by atoms with E-state index >= 15 is 0 Å². The zero-order valence-corrected chi connectivity index (χ0v) is 8.35. The minimum Gasteiger partial charge on any atom is -0.504 e. The Morgan fingerprint density at radius 1 is 1.27 bits per heavy atom. The largest absolute Gasteiger partial charge is 0.504 e. The first-order chi connectivity index (χ1) is 7.20. The van der Waals surface area contributed by atoms with E-state index in [-0.39, 0.29) is 30.1 Å². The summed E-state index contributed by atoms with van der Waals surface area (Å²) in [6, 6.07) is 4.99. The first-order valence-corrected chi connectivity index (χ1v) is 5.07. The van der Waals surface area contributed by atoms with E-state index in [0.29, 0.717) is 0 Å². The number of rotatable bonds is 2. The van der Waals surface area contributed by atoms with E-state index in [0.717, 1.165) is 18.5 Å². The topological polar surface area (TPSA) is 72.7 Å². The Labute approximate surface area is 88.2 Å². The number of hydrogen-bond acceptors (Lipinski definition) is 4. The third-order valence-electron chi connectivity index (χ3n) is 2.88. The van der Waals surface area contributed by atoms with E-state index in [1.807, 2.05) is 0 Å². The van der Waals surface area contributed by atoms with Gasteiger partial charge in [0.2, 0.25) is 0 Å². The van der Waals surface area contributed by atoms with Gasteiger partial charge < -0.3 is 20.6 Å². The summed E-state index contributed by atoms with van der Waals surface area (Å²) in [5.41, 5.74) is 0.946. The molecule has 4 nitrogen and oxygen atoms in total. The van der Waals surface area contributed by atoms with Crippen molar-refractivity contribution >= 4 is 0 Å². The van der Waals surface area contributed by atoms with Gasteiger partial charge in [0.05, 0.1) is 0 Å². The summed E-state index contributed by atoms with van der Waals surface area (Å²) in [5.74, 6) is 0.0862. The van der Waals surface area contributed by atoms with Gasteiger partial charge in [-0.2, -0.15) is 0 Å². The molecule has 4 heteroatoms. The summed E-state index contributed by atoms with van der Waals surface area (Å²) < 4.78 is 0. The van der Waals surface area contributed by atoms with Gasteiger partial charge in [-0.05, 0) is 30.0 Å². The van der Waals surface area contributed by atoms with Crippen molar-refractivity contribution in [2.75, 3.05) is 13.2 Å². The van der Waals surface area contributed by atoms with Gasteiger partial charge in [0.25, 0.3) is 0 Å². The van der Waals surface area contributed by atoms with E-state index in [1.165, 1.54) is 6.07 Å². The van der Waals surface area contributed by atoms with E-state index in [2.05, 4.69) is 5.32 Å². The number of phenolic OH excluding ortho intramolecular Hbond substituents is 2. The summed E-state index contributed by atoms with van der Waals surface area (Å²) in [6.07, 6.45) is 0.862. The SMILES string of the molecule is OCC1CNC(c2ccc(O)c(O)c2)C1. The van der Waals surface area contributed by atoms with Crippen LogP contribution in [0.3, 0.4) is 0 Å². The molecule has 4 N–H and O–H groups in total. The van der Waals surface area contributed by atoms with Crippen LogP contribution in [0, 0.1) is 5.92 Å². The molecule has 0 spiro atoms. The molecule has 2 atom stereocenters. The summed E-state index contributed by atoms with van der Waals surface area (Å²) in [4.78, 5) is 0. The molecular formula is C11H15NO3. The number of benzene rings is 1. The Morgan fingerprint density at radius 3 is 2.67 bits per heavy atom. The van der Waals surface area contributed by atoms with Gasteiger partial charge in [-0.15, -0.1) is 0 Å². The molecule has 1 aromatic carbocycles. The molecule has 82 valence electrons. The van der Waals surface area contributed by atoms with Crippen LogP contribution in [0.1, 0.15) is 18.0 Å².